The van der Waals surface area contributed by atoms with Crippen molar-refractivity contribution >= 4 is 21.9 Å². The van der Waals surface area contributed by atoms with Gasteiger partial charge < -0.3 is 9.84 Å². The molecule has 0 fully saturated rings. The number of carboxylic acids is 1. The van der Waals surface area contributed by atoms with Crippen LogP contribution in [0.15, 0.2) is 16.6 Å². The Morgan fingerprint density at radius 1 is 1.50 bits per heavy atom. The fraction of sp³-hybridized carbons (Fsp3) is 0.417. The molecule has 0 aliphatic rings. The molecular formula is C12H15BrO3. The van der Waals surface area contributed by atoms with Crippen molar-refractivity contribution in [3.63, 3.8) is 0 Å². The minimum Gasteiger partial charge on any atom is -0.479 e. The van der Waals surface area contributed by atoms with Gasteiger partial charge in [-0.05, 0) is 30.5 Å². The minimum absolute atomic E-state index is 0.385. The first kappa shape index (κ1) is 13.2. The van der Waals surface area contributed by atoms with Gasteiger partial charge in [0.1, 0.15) is 0 Å². The Labute approximate surface area is 104 Å². The Morgan fingerprint density at radius 2 is 2.12 bits per heavy atom. The van der Waals surface area contributed by atoms with Gasteiger partial charge in [-0.3, -0.25) is 0 Å². The van der Waals surface area contributed by atoms with E-state index in [-0.39, 0.29) is 0 Å². The van der Waals surface area contributed by atoms with Crippen molar-refractivity contribution < 1.29 is 14.6 Å². The molecule has 0 spiro atoms. The van der Waals surface area contributed by atoms with Crippen LogP contribution in [0, 0.1) is 13.8 Å². The topological polar surface area (TPSA) is 46.5 Å². The lowest BCUT2D eigenvalue weighted by atomic mass is 10.0. The van der Waals surface area contributed by atoms with Crippen LogP contribution >= 0.6 is 15.9 Å². The van der Waals surface area contributed by atoms with Crippen LogP contribution in [0.3, 0.4) is 0 Å². The molecule has 0 saturated heterocycles. The molecule has 0 heterocycles. The first-order chi connectivity index (χ1) is 7.47. The number of halogens is 1. The summed E-state index contributed by atoms with van der Waals surface area (Å²) in [5.74, 6) is -0.932. The highest BCUT2D eigenvalue weighted by molar-refractivity contribution is 9.10. The van der Waals surface area contributed by atoms with Gasteiger partial charge in [-0.1, -0.05) is 28.1 Å². The molecule has 0 amide bonds. The molecule has 0 aromatic heterocycles. The highest BCUT2D eigenvalue weighted by atomic mass is 79.9. The van der Waals surface area contributed by atoms with Crippen LogP contribution in [0.25, 0.3) is 0 Å². The van der Waals surface area contributed by atoms with E-state index in [1.54, 1.807) is 0 Å². The molecule has 88 valence electrons. The lowest BCUT2D eigenvalue weighted by molar-refractivity contribution is -0.148. The molecule has 1 aromatic carbocycles. The van der Waals surface area contributed by atoms with Gasteiger partial charge in [0, 0.05) is 18.0 Å². The van der Waals surface area contributed by atoms with Crippen molar-refractivity contribution in [1.29, 1.82) is 0 Å². The van der Waals surface area contributed by atoms with Crippen LogP contribution in [-0.4, -0.2) is 24.3 Å². The molecular weight excluding hydrogens is 272 g/mol. The second-order valence-electron chi connectivity index (χ2n) is 3.75. The maximum Gasteiger partial charge on any atom is 0.333 e. The monoisotopic (exact) mass is 286 g/mol. The van der Waals surface area contributed by atoms with E-state index in [2.05, 4.69) is 15.9 Å². The van der Waals surface area contributed by atoms with Crippen LogP contribution in [0.4, 0.5) is 0 Å². The SMILES string of the molecule is COC(Cc1ccc(C)c(Br)c1C)C(=O)O. The van der Waals surface area contributed by atoms with E-state index in [0.717, 1.165) is 21.2 Å². The summed E-state index contributed by atoms with van der Waals surface area (Å²) in [6.07, 6.45) is -0.399. The summed E-state index contributed by atoms with van der Waals surface area (Å²) in [5.41, 5.74) is 3.21. The number of aryl methyl sites for hydroxylation is 1. The van der Waals surface area contributed by atoms with Crippen LogP contribution in [-0.2, 0) is 16.0 Å². The van der Waals surface area contributed by atoms with Gasteiger partial charge in [0.15, 0.2) is 6.10 Å². The van der Waals surface area contributed by atoms with Crippen LogP contribution in [0.1, 0.15) is 16.7 Å². The zero-order chi connectivity index (χ0) is 12.3. The molecule has 0 aliphatic heterocycles. The van der Waals surface area contributed by atoms with E-state index >= 15 is 0 Å². The van der Waals surface area contributed by atoms with E-state index in [1.807, 2.05) is 26.0 Å². The molecule has 4 heteroatoms. The van der Waals surface area contributed by atoms with Gasteiger partial charge in [0.05, 0.1) is 0 Å². The van der Waals surface area contributed by atoms with E-state index in [4.69, 9.17) is 9.84 Å². The first-order valence-corrected chi connectivity index (χ1v) is 5.76. The highest BCUT2D eigenvalue weighted by Crippen LogP contribution is 2.25. The summed E-state index contributed by atoms with van der Waals surface area (Å²) < 4.78 is 5.96. The summed E-state index contributed by atoms with van der Waals surface area (Å²) in [4.78, 5) is 10.9. The quantitative estimate of drug-likeness (QED) is 0.926. The van der Waals surface area contributed by atoms with Crippen LogP contribution in [0.2, 0.25) is 0 Å². The van der Waals surface area contributed by atoms with Gasteiger partial charge in [0.25, 0.3) is 0 Å². The standard InChI is InChI=1S/C12H15BrO3/c1-7-4-5-9(8(2)11(7)13)6-10(16-3)12(14)15/h4-5,10H,6H2,1-3H3,(H,14,15). The number of hydrogen-bond acceptors (Lipinski definition) is 2. The zero-order valence-electron chi connectivity index (χ0n) is 9.58. The predicted octanol–water partition coefficient (Wildman–Crippen LogP) is 2.71. The number of carbonyl (C=O) groups is 1. The average Bonchev–Trinajstić information content (AvgIpc) is 2.25. The molecule has 1 unspecified atom stereocenters. The molecule has 1 atom stereocenters. The molecule has 0 aliphatic carbocycles. The Balaban J connectivity index is 2.97. The van der Waals surface area contributed by atoms with Gasteiger partial charge in [-0.2, -0.15) is 0 Å². The third-order valence-corrected chi connectivity index (χ3v) is 3.88. The van der Waals surface area contributed by atoms with Gasteiger partial charge in [-0.15, -0.1) is 0 Å². The van der Waals surface area contributed by atoms with Gasteiger partial charge in [0.2, 0.25) is 0 Å². The molecule has 0 radical (unpaired) electrons. The van der Waals surface area contributed by atoms with Crippen LogP contribution in [0.5, 0.6) is 0 Å². The average molecular weight is 287 g/mol. The Kier molecular flexibility index (Phi) is 4.50. The first-order valence-electron chi connectivity index (χ1n) is 4.97. The second kappa shape index (κ2) is 5.46. The number of benzene rings is 1. The summed E-state index contributed by atoms with van der Waals surface area (Å²) in [7, 11) is 1.41. The number of rotatable bonds is 4. The van der Waals surface area contributed by atoms with Gasteiger partial charge >= 0.3 is 5.97 Å². The summed E-state index contributed by atoms with van der Waals surface area (Å²) in [6, 6.07) is 3.92. The number of carboxylic acid groups (broad SMARTS) is 1. The largest absolute Gasteiger partial charge is 0.479 e. The third-order valence-electron chi connectivity index (χ3n) is 2.66. The molecule has 16 heavy (non-hydrogen) atoms. The Hall–Kier alpha value is -0.870. The van der Waals surface area contributed by atoms with Crippen molar-refractivity contribution in [3.05, 3.63) is 33.3 Å². The van der Waals surface area contributed by atoms with E-state index in [0.29, 0.717) is 6.42 Å². The summed E-state index contributed by atoms with van der Waals surface area (Å²) in [6.45, 7) is 3.98. The number of hydrogen-bond donors (Lipinski definition) is 1. The van der Waals surface area contributed by atoms with Crippen LogP contribution < -0.4 is 0 Å². The number of aliphatic carboxylic acids is 1. The minimum atomic E-state index is -0.932. The van der Waals surface area contributed by atoms with Crippen molar-refractivity contribution in [1.82, 2.24) is 0 Å². The summed E-state index contributed by atoms with van der Waals surface area (Å²) in [5, 5.41) is 8.91. The molecule has 0 saturated carbocycles. The molecule has 3 nitrogen and oxygen atoms in total. The third kappa shape index (κ3) is 2.83. The van der Waals surface area contributed by atoms with Crippen molar-refractivity contribution in [2.75, 3.05) is 7.11 Å². The fourth-order valence-corrected chi connectivity index (χ4v) is 1.94. The normalized spacial score (nSPS) is 12.5. The second-order valence-corrected chi connectivity index (χ2v) is 4.54. The van der Waals surface area contributed by atoms with Gasteiger partial charge in [-0.25, -0.2) is 4.79 Å². The zero-order valence-corrected chi connectivity index (χ0v) is 11.2. The predicted molar refractivity (Wildman–Crippen MR) is 65.8 cm³/mol. The Bertz CT molecular complexity index is 401. The van der Waals surface area contributed by atoms with E-state index < -0.39 is 12.1 Å². The molecule has 1 aromatic rings. The molecule has 0 bridgehead atoms. The lowest BCUT2D eigenvalue weighted by Crippen LogP contribution is -2.25. The number of methoxy groups -OCH3 is 1. The van der Waals surface area contributed by atoms with E-state index in [1.165, 1.54) is 7.11 Å². The number of ether oxygens (including phenoxy) is 1. The highest BCUT2D eigenvalue weighted by Gasteiger charge is 2.18. The maximum absolute atomic E-state index is 10.9. The lowest BCUT2D eigenvalue weighted by Gasteiger charge is -2.14. The Morgan fingerprint density at radius 3 is 2.62 bits per heavy atom. The van der Waals surface area contributed by atoms with Crippen molar-refractivity contribution in [3.8, 4) is 0 Å². The maximum atomic E-state index is 10.9. The van der Waals surface area contributed by atoms with E-state index in [9.17, 15) is 4.79 Å². The van der Waals surface area contributed by atoms with Crippen molar-refractivity contribution in [2.45, 2.75) is 26.4 Å². The summed E-state index contributed by atoms with van der Waals surface area (Å²) >= 11 is 3.49. The smallest absolute Gasteiger partial charge is 0.333 e. The fourth-order valence-electron chi connectivity index (χ4n) is 1.55. The molecule has 1 rings (SSSR count). The van der Waals surface area contributed by atoms with Crippen molar-refractivity contribution in [2.24, 2.45) is 0 Å². The molecule has 1 N–H and O–H groups in total.